The van der Waals surface area contributed by atoms with E-state index in [2.05, 4.69) is 22.3 Å². The Hall–Kier alpha value is -2.53. The standard InChI is InChI=1S/C22H24ClN3O2/c23-19-8-4-5-9-20(19)26-15-17(12-21(26)27)22(28)24-13-16-10-11-25(14-16)18-6-2-1-3-7-18/h1-9,16-17H,10-15H2,(H,24,28). The van der Waals surface area contributed by atoms with Gasteiger partial charge in [0, 0.05) is 38.3 Å². The summed E-state index contributed by atoms with van der Waals surface area (Å²) in [4.78, 5) is 29.0. The largest absolute Gasteiger partial charge is 0.371 e. The minimum absolute atomic E-state index is 0.0407. The molecule has 0 radical (unpaired) electrons. The van der Waals surface area contributed by atoms with Crippen LogP contribution in [0.3, 0.4) is 0 Å². The van der Waals surface area contributed by atoms with Crippen LogP contribution in [-0.4, -0.2) is 38.0 Å². The first kappa shape index (κ1) is 18.8. The SMILES string of the molecule is O=C(NCC1CCN(c2ccccc2)C1)C1CC(=O)N(c2ccccc2Cl)C1. The first-order valence-electron chi connectivity index (χ1n) is 9.74. The predicted molar refractivity (Wildman–Crippen MR) is 112 cm³/mol. The second kappa shape index (κ2) is 8.23. The van der Waals surface area contributed by atoms with Crippen molar-refractivity contribution in [2.24, 2.45) is 11.8 Å². The molecule has 2 unspecified atom stereocenters. The van der Waals surface area contributed by atoms with Gasteiger partial charge in [0.05, 0.1) is 16.6 Å². The summed E-state index contributed by atoms with van der Waals surface area (Å²) < 4.78 is 0. The molecule has 2 amide bonds. The first-order valence-corrected chi connectivity index (χ1v) is 10.1. The summed E-state index contributed by atoms with van der Waals surface area (Å²) >= 11 is 6.21. The Morgan fingerprint density at radius 2 is 1.82 bits per heavy atom. The number of nitrogens with one attached hydrogen (secondary N) is 1. The molecule has 1 N–H and O–H groups in total. The van der Waals surface area contributed by atoms with Gasteiger partial charge in [0.1, 0.15) is 0 Å². The van der Waals surface area contributed by atoms with Gasteiger partial charge in [-0.3, -0.25) is 9.59 Å². The van der Waals surface area contributed by atoms with Crippen LogP contribution in [0.2, 0.25) is 5.02 Å². The van der Waals surface area contributed by atoms with E-state index >= 15 is 0 Å². The van der Waals surface area contributed by atoms with Crippen LogP contribution in [0.25, 0.3) is 0 Å². The molecule has 0 spiro atoms. The quantitative estimate of drug-likeness (QED) is 0.841. The number of carbonyl (C=O) groups excluding carboxylic acids is 2. The van der Waals surface area contributed by atoms with Crippen molar-refractivity contribution >= 4 is 34.8 Å². The zero-order valence-corrected chi connectivity index (χ0v) is 16.4. The molecule has 28 heavy (non-hydrogen) atoms. The molecule has 0 aromatic heterocycles. The molecule has 4 rings (SSSR count). The number of halogens is 1. The highest BCUT2D eigenvalue weighted by molar-refractivity contribution is 6.33. The normalized spacial score (nSPS) is 22.0. The lowest BCUT2D eigenvalue weighted by atomic mass is 10.1. The molecule has 2 aromatic rings. The fourth-order valence-electron chi connectivity index (χ4n) is 4.05. The molecule has 146 valence electrons. The maximum absolute atomic E-state index is 12.6. The average molecular weight is 398 g/mol. The highest BCUT2D eigenvalue weighted by atomic mass is 35.5. The second-order valence-corrected chi connectivity index (χ2v) is 7.95. The summed E-state index contributed by atoms with van der Waals surface area (Å²) in [5.41, 5.74) is 1.91. The number of benzene rings is 2. The number of nitrogens with zero attached hydrogens (tertiary/aromatic N) is 2. The molecule has 2 aliphatic heterocycles. The van der Waals surface area contributed by atoms with Gasteiger partial charge in [-0.2, -0.15) is 0 Å². The predicted octanol–water partition coefficient (Wildman–Crippen LogP) is 3.34. The number of carbonyl (C=O) groups is 2. The van der Waals surface area contributed by atoms with Crippen molar-refractivity contribution in [3.63, 3.8) is 0 Å². The van der Waals surface area contributed by atoms with E-state index < -0.39 is 0 Å². The van der Waals surface area contributed by atoms with Crippen molar-refractivity contribution in [2.45, 2.75) is 12.8 Å². The number of rotatable bonds is 5. The van der Waals surface area contributed by atoms with Gasteiger partial charge in [-0.25, -0.2) is 0 Å². The zero-order valence-electron chi connectivity index (χ0n) is 15.7. The Kier molecular flexibility index (Phi) is 5.53. The molecule has 2 aliphatic rings. The summed E-state index contributed by atoms with van der Waals surface area (Å²) in [7, 11) is 0. The molecular weight excluding hydrogens is 374 g/mol. The molecule has 0 saturated carbocycles. The Balaban J connectivity index is 1.29. The summed E-state index contributed by atoms with van der Waals surface area (Å²) in [6, 6.07) is 17.6. The lowest BCUT2D eigenvalue weighted by Gasteiger charge is -2.19. The van der Waals surface area contributed by atoms with Crippen molar-refractivity contribution in [1.82, 2.24) is 5.32 Å². The zero-order chi connectivity index (χ0) is 19.5. The Morgan fingerprint density at radius 3 is 2.61 bits per heavy atom. The summed E-state index contributed by atoms with van der Waals surface area (Å²) in [6.07, 6.45) is 1.29. The molecule has 0 bridgehead atoms. The molecule has 5 nitrogen and oxygen atoms in total. The maximum atomic E-state index is 12.6. The van der Waals surface area contributed by atoms with Gasteiger partial charge in [-0.15, -0.1) is 0 Å². The van der Waals surface area contributed by atoms with Gasteiger partial charge in [0.2, 0.25) is 11.8 Å². The summed E-state index contributed by atoms with van der Waals surface area (Å²) in [5, 5.41) is 3.60. The van der Waals surface area contributed by atoms with Crippen LogP contribution in [0.15, 0.2) is 54.6 Å². The Bertz CT molecular complexity index is 858. The molecule has 2 heterocycles. The summed E-state index contributed by atoms with van der Waals surface area (Å²) in [6.45, 7) is 2.99. The Labute approximate surface area is 170 Å². The van der Waals surface area contributed by atoms with E-state index in [9.17, 15) is 9.59 Å². The van der Waals surface area contributed by atoms with Crippen LogP contribution in [0.5, 0.6) is 0 Å². The van der Waals surface area contributed by atoms with Crippen LogP contribution >= 0.6 is 11.6 Å². The number of hydrogen-bond acceptors (Lipinski definition) is 3. The van der Waals surface area contributed by atoms with Gasteiger partial charge in [-0.1, -0.05) is 41.9 Å². The molecule has 2 aromatic carbocycles. The first-order chi connectivity index (χ1) is 13.6. The molecule has 2 saturated heterocycles. The molecule has 6 heteroatoms. The fraction of sp³-hybridized carbons (Fsp3) is 0.364. The fourth-order valence-corrected chi connectivity index (χ4v) is 4.29. The van der Waals surface area contributed by atoms with Crippen molar-refractivity contribution in [1.29, 1.82) is 0 Å². The number of anilines is 2. The second-order valence-electron chi connectivity index (χ2n) is 7.54. The van der Waals surface area contributed by atoms with E-state index in [1.54, 1.807) is 11.0 Å². The average Bonchev–Trinajstić information content (AvgIpc) is 3.34. The van der Waals surface area contributed by atoms with Gasteiger partial charge in [-0.05, 0) is 36.6 Å². The Morgan fingerprint density at radius 1 is 1.07 bits per heavy atom. The van der Waals surface area contributed by atoms with Gasteiger partial charge < -0.3 is 15.1 Å². The highest BCUT2D eigenvalue weighted by Crippen LogP contribution is 2.31. The molecule has 2 fully saturated rings. The van der Waals surface area contributed by atoms with Crippen LogP contribution in [0.1, 0.15) is 12.8 Å². The third-order valence-corrected chi connectivity index (χ3v) is 5.93. The lowest BCUT2D eigenvalue weighted by Crippen LogP contribution is -2.36. The van der Waals surface area contributed by atoms with Crippen LogP contribution < -0.4 is 15.1 Å². The number of amides is 2. The molecule has 2 atom stereocenters. The topological polar surface area (TPSA) is 52.7 Å². The van der Waals surface area contributed by atoms with Gasteiger partial charge in [0.15, 0.2) is 0 Å². The van der Waals surface area contributed by atoms with Crippen molar-refractivity contribution in [3.05, 3.63) is 59.6 Å². The monoisotopic (exact) mass is 397 g/mol. The van der Waals surface area contributed by atoms with Crippen molar-refractivity contribution in [3.8, 4) is 0 Å². The van der Waals surface area contributed by atoms with Crippen molar-refractivity contribution < 1.29 is 9.59 Å². The van der Waals surface area contributed by atoms with Gasteiger partial charge >= 0.3 is 0 Å². The van der Waals surface area contributed by atoms with Crippen LogP contribution in [0.4, 0.5) is 11.4 Å². The van der Waals surface area contributed by atoms with E-state index in [-0.39, 0.29) is 24.2 Å². The minimum atomic E-state index is -0.324. The van der Waals surface area contributed by atoms with Gasteiger partial charge in [0.25, 0.3) is 0 Å². The molecular formula is C22H24ClN3O2. The summed E-state index contributed by atoms with van der Waals surface area (Å²) in [5.74, 6) is 0.0155. The third-order valence-electron chi connectivity index (χ3n) is 5.61. The van der Waals surface area contributed by atoms with Crippen molar-refractivity contribution in [2.75, 3.05) is 36.0 Å². The number of hydrogen-bond donors (Lipinski definition) is 1. The van der Waals surface area contributed by atoms with E-state index in [4.69, 9.17) is 11.6 Å². The lowest BCUT2D eigenvalue weighted by molar-refractivity contribution is -0.126. The van der Waals surface area contributed by atoms with Crippen LogP contribution in [0, 0.1) is 11.8 Å². The van der Waals surface area contributed by atoms with E-state index in [0.29, 0.717) is 29.7 Å². The maximum Gasteiger partial charge on any atom is 0.227 e. The highest BCUT2D eigenvalue weighted by Gasteiger charge is 2.36. The molecule has 0 aliphatic carbocycles. The number of para-hydroxylation sites is 2. The smallest absolute Gasteiger partial charge is 0.227 e. The van der Waals surface area contributed by atoms with E-state index in [0.717, 1.165) is 19.5 Å². The van der Waals surface area contributed by atoms with E-state index in [1.165, 1.54) is 5.69 Å². The minimum Gasteiger partial charge on any atom is -0.371 e. The third kappa shape index (κ3) is 3.99. The van der Waals surface area contributed by atoms with E-state index in [1.807, 2.05) is 36.4 Å². The van der Waals surface area contributed by atoms with Crippen LogP contribution in [-0.2, 0) is 9.59 Å².